The Bertz CT molecular complexity index is 291. The summed E-state index contributed by atoms with van der Waals surface area (Å²) in [5.41, 5.74) is 0.343. The first-order valence-electron chi connectivity index (χ1n) is 4.73. The molecule has 0 spiro atoms. The van der Waals surface area contributed by atoms with Crippen molar-refractivity contribution < 1.29 is 4.79 Å². The molecule has 0 saturated carbocycles. The van der Waals surface area contributed by atoms with E-state index in [9.17, 15) is 4.79 Å². The number of aromatic nitrogens is 3. The minimum absolute atomic E-state index is 0.160. The minimum Gasteiger partial charge on any atom is -0.347 e. The summed E-state index contributed by atoms with van der Waals surface area (Å²) in [6.45, 7) is 1.87. The van der Waals surface area contributed by atoms with Crippen molar-refractivity contribution in [2.75, 3.05) is 13.1 Å². The van der Waals surface area contributed by atoms with Gasteiger partial charge in [-0.05, 0) is 19.4 Å². The molecule has 2 rings (SSSR count). The first-order chi connectivity index (χ1) is 6.86. The SMILES string of the molecule is O=C(N[C@H]1CCCNC1)c1cn[nH]n1. The van der Waals surface area contributed by atoms with Crippen molar-refractivity contribution in [2.24, 2.45) is 0 Å². The number of nitrogens with one attached hydrogen (secondary N) is 3. The van der Waals surface area contributed by atoms with Crippen LogP contribution in [0.15, 0.2) is 6.20 Å². The highest BCUT2D eigenvalue weighted by atomic mass is 16.2. The highest BCUT2D eigenvalue weighted by Crippen LogP contribution is 2.02. The summed E-state index contributed by atoms with van der Waals surface area (Å²) in [6, 6.07) is 0.216. The van der Waals surface area contributed by atoms with Crippen LogP contribution in [0.5, 0.6) is 0 Å². The molecule has 2 heterocycles. The lowest BCUT2D eigenvalue weighted by Gasteiger charge is -2.23. The van der Waals surface area contributed by atoms with Gasteiger partial charge in [0.25, 0.3) is 5.91 Å². The molecule has 1 atom stereocenters. The van der Waals surface area contributed by atoms with Crippen molar-refractivity contribution >= 4 is 5.91 Å². The maximum absolute atomic E-state index is 11.5. The van der Waals surface area contributed by atoms with Gasteiger partial charge in [-0.3, -0.25) is 4.79 Å². The molecule has 6 nitrogen and oxygen atoms in total. The molecule has 76 valence electrons. The number of aromatic amines is 1. The summed E-state index contributed by atoms with van der Waals surface area (Å²) >= 11 is 0. The number of hydrogen-bond donors (Lipinski definition) is 3. The first-order valence-corrected chi connectivity index (χ1v) is 4.73. The van der Waals surface area contributed by atoms with Crippen LogP contribution in [-0.4, -0.2) is 40.4 Å². The molecular formula is C8H13N5O. The first kappa shape index (κ1) is 9.14. The van der Waals surface area contributed by atoms with Gasteiger partial charge < -0.3 is 10.6 Å². The number of rotatable bonds is 2. The lowest BCUT2D eigenvalue weighted by atomic mass is 10.1. The molecule has 0 bridgehead atoms. The minimum atomic E-state index is -0.160. The Morgan fingerprint density at radius 1 is 1.64 bits per heavy atom. The largest absolute Gasteiger partial charge is 0.347 e. The molecule has 0 radical (unpaired) electrons. The number of carbonyl (C=O) groups excluding carboxylic acids is 1. The number of piperidine rings is 1. The van der Waals surface area contributed by atoms with Gasteiger partial charge in [-0.1, -0.05) is 0 Å². The zero-order valence-electron chi connectivity index (χ0n) is 7.79. The highest BCUT2D eigenvalue weighted by molar-refractivity contribution is 5.92. The second-order valence-corrected chi connectivity index (χ2v) is 3.37. The van der Waals surface area contributed by atoms with Crippen LogP contribution in [0.25, 0.3) is 0 Å². The molecule has 14 heavy (non-hydrogen) atoms. The van der Waals surface area contributed by atoms with E-state index in [0.717, 1.165) is 25.9 Å². The Kier molecular flexibility index (Phi) is 2.73. The number of amides is 1. The quantitative estimate of drug-likeness (QED) is 0.582. The van der Waals surface area contributed by atoms with Crippen LogP contribution < -0.4 is 10.6 Å². The van der Waals surface area contributed by atoms with Crippen LogP contribution >= 0.6 is 0 Å². The maximum atomic E-state index is 11.5. The normalized spacial score (nSPS) is 21.9. The third kappa shape index (κ3) is 2.08. The third-order valence-corrected chi connectivity index (χ3v) is 2.28. The Hall–Kier alpha value is -1.43. The van der Waals surface area contributed by atoms with E-state index in [2.05, 4.69) is 26.0 Å². The standard InChI is InChI=1S/C8H13N5O/c14-8(7-5-10-13-12-7)11-6-2-1-3-9-4-6/h5-6,9H,1-4H2,(H,11,14)(H,10,12,13)/t6-/m0/s1. The van der Waals surface area contributed by atoms with E-state index in [1.54, 1.807) is 0 Å². The van der Waals surface area contributed by atoms with Crippen LogP contribution in [0.1, 0.15) is 23.3 Å². The second kappa shape index (κ2) is 4.19. The number of nitrogens with zero attached hydrogens (tertiary/aromatic N) is 2. The Morgan fingerprint density at radius 3 is 3.21 bits per heavy atom. The van der Waals surface area contributed by atoms with E-state index >= 15 is 0 Å². The van der Waals surface area contributed by atoms with Crippen molar-refractivity contribution in [3.63, 3.8) is 0 Å². The van der Waals surface area contributed by atoms with Crippen LogP contribution in [0.3, 0.4) is 0 Å². The molecule has 1 aliphatic rings. The molecule has 3 N–H and O–H groups in total. The molecule has 1 aliphatic heterocycles. The summed E-state index contributed by atoms with van der Waals surface area (Å²) in [7, 11) is 0. The van der Waals surface area contributed by atoms with Gasteiger partial charge in [0.15, 0.2) is 5.69 Å². The van der Waals surface area contributed by atoms with Gasteiger partial charge in [0.1, 0.15) is 0 Å². The molecule has 0 aromatic carbocycles. The van der Waals surface area contributed by atoms with Crippen molar-refractivity contribution in [3.8, 4) is 0 Å². The molecule has 1 saturated heterocycles. The second-order valence-electron chi connectivity index (χ2n) is 3.37. The average Bonchev–Trinajstić information content (AvgIpc) is 2.72. The van der Waals surface area contributed by atoms with Crippen LogP contribution in [0.2, 0.25) is 0 Å². The van der Waals surface area contributed by atoms with Gasteiger partial charge in [-0.15, -0.1) is 0 Å². The molecule has 1 fully saturated rings. The third-order valence-electron chi connectivity index (χ3n) is 2.28. The van der Waals surface area contributed by atoms with Crippen molar-refractivity contribution in [3.05, 3.63) is 11.9 Å². The number of H-pyrrole nitrogens is 1. The summed E-state index contributed by atoms with van der Waals surface area (Å²) in [4.78, 5) is 11.5. The van der Waals surface area contributed by atoms with E-state index in [0.29, 0.717) is 5.69 Å². The predicted molar refractivity (Wildman–Crippen MR) is 49.7 cm³/mol. The van der Waals surface area contributed by atoms with Gasteiger partial charge in [0.2, 0.25) is 0 Å². The fourth-order valence-electron chi connectivity index (χ4n) is 1.55. The van der Waals surface area contributed by atoms with E-state index in [1.165, 1.54) is 6.20 Å². The van der Waals surface area contributed by atoms with Crippen molar-refractivity contribution in [2.45, 2.75) is 18.9 Å². The summed E-state index contributed by atoms with van der Waals surface area (Å²) in [5.74, 6) is -0.160. The Morgan fingerprint density at radius 2 is 2.57 bits per heavy atom. The molecule has 1 aromatic heterocycles. The van der Waals surface area contributed by atoms with Gasteiger partial charge in [-0.25, -0.2) is 0 Å². The van der Waals surface area contributed by atoms with Crippen LogP contribution in [0, 0.1) is 0 Å². The van der Waals surface area contributed by atoms with Crippen LogP contribution in [0.4, 0.5) is 0 Å². The smallest absolute Gasteiger partial charge is 0.273 e. The summed E-state index contributed by atoms with van der Waals surface area (Å²) < 4.78 is 0. The highest BCUT2D eigenvalue weighted by Gasteiger charge is 2.17. The number of hydrogen-bond acceptors (Lipinski definition) is 4. The number of carbonyl (C=O) groups is 1. The lowest BCUT2D eigenvalue weighted by molar-refractivity contribution is 0.0925. The zero-order chi connectivity index (χ0) is 9.80. The monoisotopic (exact) mass is 195 g/mol. The lowest BCUT2D eigenvalue weighted by Crippen LogP contribution is -2.45. The van der Waals surface area contributed by atoms with Gasteiger partial charge in [0, 0.05) is 12.6 Å². The molecule has 1 amide bonds. The van der Waals surface area contributed by atoms with E-state index in [4.69, 9.17) is 0 Å². The zero-order valence-corrected chi connectivity index (χ0v) is 7.79. The Balaban J connectivity index is 1.87. The molecular weight excluding hydrogens is 182 g/mol. The van der Waals surface area contributed by atoms with E-state index < -0.39 is 0 Å². The topological polar surface area (TPSA) is 82.7 Å². The van der Waals surface area contributed by atoms with E-state index in [1.807, 2.05) is 0 Å². The van der Waals surface area contributed by atoms with Crippen LogP contribution in [-0.2, 0) is 0 Å². The van der Waals surface area contributed by atoms with E-state index in [-0.39, 0.29) is 11.9 Å². The fraction of sp³-hybridized carbons (Fsp3) is 0.625. The molecule has 1 aromatic rings. The summed E-state index contributed by atoms with van der Waals surface area (Å²) in [5, 5.41) is 15.8. The Labute approximate surface area is 81.5 Å². The van der Waals surface area contributed by atoms with Crippen molar-refractivity contribution in [1.29, 1.82) is 0 Å². The van der Waals surface area contributed by atoms with Crippen molar-refractivity contribution in [1.82, 2.24) is 26.0 Å². The van der Waals surface area contributed by atoms with Gasteiger partial charge in [0.05, 0.1) is 6.20 Å². The predicted octanol–water partition coefficient (Wildman–Crippen LogP) is -0.713. The summed E-state index contributed by atoms with van der Waals surface area (Å²) in [6.07, 6.45) is 3.55. The molecule has 6 heteroatoms. The van der Waals surface area contributed by atoms with Gasteiger partial charge >= 0.3 is 0 Å². The van der Waals surface area contributed by atoms with Gasteiger partial charge in [-0.2, -0.15) is 15.4 Å². The average molecular weight is 195 g/mol. The molecule has 0 unspecified atom stereocenters. The maximum Gasteiger partial charge on any atom is 0.273 e. The molecule has 0 aliphatic carbocycles. The fourth-order valence-corrected chi connectivity index (χ4v) is 1.55.